The second kappa shape index (κ2) is 6.94. The fraction of sp³-hybridized carbons (Fsp3) is 0.375. The number of amides is 1. The van der Waals surface area contributed by atoms with Crippen LogP contribution in [0.15, 0.2) is 34.9 Å². The highest BCUT2D eigenvalue weighted by Crippen LogP contribution is 2.21. The van der Waals surface area contributed by atoms with Crippen LogP contribution in [-0.2, 0) is 0 Å². The van der Waals surface area contributed by atoms with E-state index in [0.29, 0.717) is 11.5 Å². The van der Waals surface area contributed by atoms with Crippen molar-refractivity contribution in [2.24, 2.45) is 0 Å². The van der Waals surface area contributed by atoms with Crippen molar-refractivity contribution in [2.45, 2.75) is 19.4 Å². The molecule has 22 heavy (non-hydrogen) atoms. The maximum absolute atomic E-state index is 12.4. The zero-order valence-corrected chi connectivity index (χ0v) is 13.5. The Morgan fingerprint density at radius 2 is 2.09 bits per heavy atom. The number of benzene rings is 1. The van der Waals surface area contributed by atoms with Crippen LogP contribution < -0.4 is 5.32 Å². The summed E-state index contributed by atoms with van der Waals surface area (Å²) >= 11 is 0. The topological polar surface area (TPSA) is 58.4 Å². The van der Waals surface area contributed by atoms with Crippen LogP contribution in [0.1, 0.15) is 22.5 Å². The number of likely N-dealkylation sites (N-methyl/N-ethyl adjacent to an activating group) is 1. The lowest BCUT2D eigenvalue weighted by Crippen LogP contribution is -2.38. The van der Waals surface area contributed by atoms with Crippen LogP contribution in [0.25, 0.3) is 11.3 Å². The van der Waals surface area contributed by atoms with Crippen molar-refractivity contribution in [2.75, 3.05) is 20.1 Å². The highest BCUT2D eigenvalue weighted by molar-refractivity contribution is 5.92. The molecule has 1 aliphatic heterocycles. The first-order chi connectivity index (χ1) is 10.1. The Labute approximate surface area is 136 Å². The first-order valence-corrected chi connectivity index (χ1v) is 7.17. The minimum atomic E-state index is -0.116. The first kappa shape index (κ1) is 16.5. The van der Waals surface area contributed by atoms with Gasteiger partial charge in [-0.15, -0.1) is 12.4 Å². The van der Waals surface area contributed by atoms with Crippen molar-refractivity contribution in [1.82, 2.24) is 15.4 Å². The van der Waals surface area contributed by atoms with Crippen molar-refractivity contribution >= 4 is 18.3 Å². The van der Waals surface area contributed by atoms with Crippen molar-refractivity contribution in [3.8, 4) is 11.3 Å². The van der Waals surface area contributed by atoms with E-state index in [4.69, 9.17) is 4.52 Å². The van der Waals surface area contributed by atoms with Crippen molar-refractivity contribution in [3.63, 3.8) is 0 Å². The molecule has 1 N–H and O–H groups in total. The highest BCUT2D eigenvalue weighted by atomic mass is 35.5. The summed E-state index contributed by atoms with van der Waals surface area (Å²) in [5.41, 5.74) is 2.83. The maximum Gasteiger partial charge on any atom is 0.292 e. The van der Waals surface area contributed by atoms with Gasteiger partial charge in [0.15, 0.2) is 0 Å². The van der Waals surface area contributed by atoms with Crippen LogP contribution in [0.2, 0.25) is 0 Å². The summed E-state index contributed by atoms with van der Waals surface area (Å²) in [6.07, 6.45) is 0.973. The zero-order chi connectivity index (χ0) is 14.8. The fourth-order valence-corrected chi connectivity index (χ4v) is 2.55. The normalized spacial score (nSPS) is 17.1. The number of carbonyl (C=O) groups excluding carboxylic acids is 1. The molecule has 2 aromatic rings. The molecule has 1 aromatic heterocycles. The number of hydrogen-bond donors (Lipinski definition) is 1. The summed E-state index contributed by atoms with van der Waals surface area (Å²) in [5, 5.41) is 7.26. The smallest absolute Gasteiger partial charge is 0.292 e. The van der Waals surface area contributed by atoms with Gasteiger partial charge in [-0.2, -0.15) is 0 Å². The number of rotatable bonds is 3. The lowest BCUT2D eigenvalue weighted by atomic mass is 10.1. The van der Waals surface area contributed by atoms with E-state index in [1.54, 1.807) is 11.0 Å². The second-order valence-corrected chi connectivity index (χ2v) is 5.51. The molecule has 0 spiro atoms. The molecule has 0 saturated carbocycles. The van der Waals surface area contributed by atoms with Crippen LogP contribution in [0.4, 0.5) is 0 Å². The molecule has 1 fully saturated rings. The summed E-state index contributed by atoms with van der Waals surface area (Å²) in [7, 11) is 1.81. The highest BCUT2D eigenvalue weighted by Gasteiger charge is 2.26. The van der Waals surface area contributed by atoms with Gasteiger partial charge in [0.2, 0.25) is 5.76 Å². The van der Waals surface area contributed by atoms with Crippen LogP contribution in [0.3, 0.4) is 0 Å². The number of carbonyl (C=O) groups is 1. The molecule has 0 aliphatic carbocycles. The molecule has 1 saturated heterocycles. The van der Waals surface area contributed by atoms with Crippen LogP contribution in [0.5, 0.6) is 0 Å². The van der Waals surface area contributed by atoms with Gasteiger partial charge in [-0.05, 0) is 19.9 Å². The molecule has 1 unspecified atom stereocenters. The fourth-order valence-electron chi connectivity index (χ4n) is 2.55. The molecule has 0 bridgehead atoms. The molecule has 1 aromatic carbocycles. The minimum Gasteiger partial charge on any atom is -0.350 e. The summed E-state index contributed by atoms with van der Waals surface area (Å²) in [6, 6.07) is 9.93. The average Bonchev–Trinajstić information content (AvgIpc) is 3.18. The van der Waals surface area contributed by atoms with E-state index in [-0.39, 0.29) is 24.4 Å². The van der Waals surface area contributed by atoms with Gasteiger partial charge in [0.1, 0.15) is 5.69 Å². The standard InChI is InChI=1S/C16H19N3O2.ClH/c1-11-3-5-12(6-4-11)14-9-15(21-18-14)16(20)19(2)13-7-8-17-10-13;/h3-6,9,13,17H,7-8,10H2,1-2H3;1H. The van der Waals surface area contributed by atoms with Gasteiger partial charge in [0.05, 0.1) is 0 Å². The van der Waals surface area contributed by atoms with Crippen molar-refractivity contribution < 1.29 is 9.32 Å². The quantitative estimate of drug-likeness (QED) is 0.943. The van der Waals surface area contributed by atoms with Gasteiger partial charge in [0, 0.05) is 31.3 Å². The molecule has 1 aliphatic rings. The number of hydrogen-bond acceptors (Lipinski definition) is 4. The largest absolute Gasteiger partial charge is 0.350 e. The molecular weight excluding hydrogens is 302 g/mol. The molecule has 118 valence electrons. The van der Waals surface area contributed by atoms with E-state index < -0.39 is 0 Å². The average molecular weight is 322 g/mol. The minimum absolute atomic E-state index is 0. The Morgan fingerprint density at radius 1 is 1.36 bits per heavy atom. The van der Waals surface area contributed by atoms with Crippen LogP contribution in [0, 0.1) is 6.92 Å². The van der Waals surface area contributed by atoms with Gasteiger partial charge in [0.25, 0.3) is 5.91 Å². The lowest BCUT2D eigenvalue weighted by molar-refractivity contribution is 0.0702. The third-order valence-electron chi connectivity index (χ3n) is 3.97. The van der Waals surface area contributed by atoms with Crippen molar-refractivity contribution in [3.05, 3.63) is 41.7 Å². The Hall–Kier alpha value is -1.85. The Balaban J connectivity index is 0.00000176. The Morgan fingerprint density at radius 3 is 2.73 bits per heavy atom. The van der Waals surface area contributed by atoms with Crippen molar-refractivity contribution in [1.29, 1.82) is 0 Å². The number of aromatic nitrogens is 1. The van der Waals surface area contributed by atoms with Gasteiger partial charge in [-0.25, -0.2) is 0 Å². The zero-order valence-electron chi connectivity index (χ0n) is 12.7. The third-order valence-corrected chi connectivity index (χ3v) is 3.97. The SMILES string of the molecule is Cc1ccc(-c2cc(C(=O)N(C)C3CCNC3)on2)cc1.Cl. The third kappa shape index (κ3) is 3.31. The van der Waals surface area contributed by atoms with Gasteiger partial charge in [-0.3, -0.25) is 4.79 Å². The predicted octanol–water partition coefficient (Wildman–Crippen LogP) is 2.51. The summed E-state index contributed by atoms with van der Waals surface area (Å²) < 4.78 is 5.23. The molecule has 2 heterocycles. The lowest BCUT2D eigenvalue weighted by Gasteiger charge is -2.22. The van der Waals surface area contributed by atoms with E-state index >= 15 is 0 Å². The van der Waals surface area contributed by atoms with E-state index in [2.05, 4.69) is 10.5 Å². The molecule has 0 radical (unpaired) electrons. The van der Waals surface area contributed by atoms with E-state index in [1.165, 1.54) is 5.56 Å². The number of nitrogens with one attached hydrogen (secondary N) is 1. The van der Waals surface area contributed by atoms with Gasteiger partial charge in [-0.1, -0.05) is 35.0 Å². The molecular formula is C16H20ClN3O2. The summed E-state index contributed by atoms with van der Waals surface area (Å²) in [5.74, 6) is 0.175. The number of aryl methyl sites for hydroxylation is 1. The maximum atomic E-state index is 12.4. The molecule has 1 amide bonds. The monoisotopic (exact) mass is 321 g/mol. The van der Waals surface area contributed by atoms with E-state index in [9.17, 15) is 4.79 Å². The van der Waals surface area contributed by atoms with E-state index in [0.717, 1.165) is 25.1 Å². The van der Waals surface area contributed by atoms with Crippen LogP contribution >= 0.6 is 12.4 Å². The molecule has 6 heteroatoms. The van der Waals surface area contributed by atoms with Gasteiger partial charge >= 0.3 is 0 Å². The summed E-state index contributed by atoms with van der Waals surface area (Å²) in [6.45, 7) is 3.82. The van der Waals surface area contributed by atoms with Gasteiger partial charge < -0.3 is 14.7 Å². The second-order valence-electron chi connectivity index (χ2n) is 5.51. The molecule has 3 rings (SSSR count). The molecule has 1 atom stereocenters. The Bertz CT molecular complexity index is 633. The number of nitrogens with zero attached hydrogens (tertiary/aromatic N) is 2. The van der Waals surface area contributed by atoms with E-state index in [1.807, 2.05) is 38.2 Å². The Kier molecular flexibility index (Phi) is 5.21. The first-order valence-electron chi connectivity index (χ1n) is 7.17. The number of halogens is 1. The van der Waals surface area contributed by atoms with Crippen LogP contribution in [-0.4, -0.2) is 42.1 Å². The summed E-state index contributed by atoms with van der Waals surface area (Å²) in [4.78, 5) is 14.1. The molecule has 5 nitrogen and oxygen atoms in total. The predicted molar refractivity (Wildman–Crippen MR) is 87.3 cm³/mol.